The van der Waals surface area contributed by atoms with E-state index in [4.69, 9.17) is 11.2 Å². The van der Waals surface area contributed by atoms with Crippen LogP contribution in [0.15, 0.2) is 54.1 Å². The van der Waals surface area contributed by atoms with Crippen molar-refractivity contribution in [1.29, 1.82) is 0 Å². The molecule has 1 fully saturated rings. The van der Waals surface area contributed by atoms with Crippen molar-refractivity contribution >= 4 is 17.2 Å². The summed E-state index contributed by atoms with van der Waals surface area (Å²) < 4.78 is 5.47. The van der Waals surface area contributed by atoms with Gasteiger partial charge in [-0.15, -0.1) is 6.42 Å². The molecule has 1 amide bonds. The van der Waals surface area contributed by atoms with Gasteiger partial charge in [-0.1, -0.05) is 36.4 Å². The van der Waals surface area contributed by atoms with E-state index in [0.717, 1.165) is 44.7 Å². The van der Waals surface area contributed by atoms with E-state index in [0.29, 0.717) is 0 Å². The molecule has 0 N–H and O–H groups in total. The maximum Gasteiger partial charge on any atom is 0.299 e. The molecule has 4 heteroatoms. The van der Waals surface area contributed by atoms with E-state index in [1.807, 2.05) is 4.90 Å². The number of terminal acetylenes is 1. The molecule has 0 spiro atoms. The first-order valence-corrected chi connectivity index (χ1v) is 10.7. The number of anilines is 1. The average molecular weight is 399 g/mol. The zero-order valence-electron chi connectivity index (χ0n) is 17.3. The van der Waals surface area contributed by atoms with Gasteiger partial charge < -0.3 is 14.5 Å². The molecule has 152 valence electrons. The van der Waals surface area contributed by atoms with E-state index in [9.17, 15) is 4.79 Å². The molecule has 4 nitrogen and oxygen atoms in total. The highest BCUT2D eigenvalue weighted by atomic mass is 16.5. The lowest BCUT2D eigenvalue weighted by Gasteiger charge is -2.41. The van der Waals surface area contributed by atoms with Crippen molar-refractivity contribution in [3.8, 4) is 12.3 Å². The Bertz CT molecular complexity index is 1040. The zero-order valence-corrected chi connectivity index (χ0v) is 17.3. The minimum Gasteiger partial charge on any atom is -0.378 e. The third-order valence-corrected chi connectivity index (χ3v) is 6.64. The highest BCUT2D eigenvalue weighted by Crippen LogP contribution is 2.48. The molecule has 2 aromatic carbocycles. The molecular weight excluding hydrogens is 372 g/mol. The van der Waals surface area contributed by atoms with Crippen LogP contribution in [0.25, 0.3) is 5.57 Å². The number of benzene rings is 2. The maximum atomic E-state index is 12.8. The number of carbonyl (C=O) groups is 1. The topological polar surface area (TPSA) is 32.8 Å². The second kappa shape index (κ2) is 7.66. The number of carbonyl (C=O) groups excluding carboxylic acids is 1. The number of nitrogens with zero attached hydrogens (tertiary/aromatic N) is 2. The number of hydrogen-bond donors (Lipinski definition) is 0. The number of hydrogen-bond acceptors (Lipinski definition) is 3. The van der Waals surface area contributed by atoms with Crippen LogP contribution in [-0.2, 0) is 16.0 Å². The SMILES string of the molecule is C#CC(=O)N1[C@@H](c2ccc(N3CCOCC3)cc2)C2=C(C[C@@H]1C)c1ccccc1C2. The summed E-state index contributed by atoms with van der Waals surface area (Å²) in [7, 11) is 0. The third-order valence-electron chi connectivity index (χ3n) is 6.64. The fourth-order valence-electron chi connectivity index (χ4n) is 5.22. The van der Waals surface area contributed by atoms with Gasteiger partial charge in [0.2, 0.25) is 0 Å². The van der Waals surface area contributed by atoms with Crippen molar-refractivity contribution in [2.45, 2.75) is 31.8 Å². The van der Waals surface area contributed by atoms with E-state index >= 15 is 0 Å². The first-order valence-electron chi connectivity index (χ1n) is 10.7. The molecule has 2 atom stereocenters. The van der Waals surface area contributed by atoms with Gasteiger partial charge in [-0.3, -0.25) is 4.79 Å². The maximum absolute atomic E-state index is 12.8. The largest absolute Gasteiger partial charge is 0.378 e. The summed E-state index contributed by atoms with van der Waals surface area (Å²) in [5.41, 5.74) is 7.72. The first kappa shape index (κ1) is 19.0. The molecule has 0 radical (unpaired) electrons. The van der Waals surface area contributed by atoms with Crippen LogP contribution in [0.4, 0.5) is 5.69 Å². The van der Waals surface area contributed by atoms with E-state index < -0.39 is 0 Å². The summed E-state index contributed by atoms with van der Waals surface area (Å²) in [6, 6.07) is 17.2. The second-order valence-corrected chi connectivity index (χ2v) is 8.34. The number of fused-ring (bicyclic) bond motifs is 2. The van der Waals surface area contributed by atoms with Gasteiger partial charge in [0.15, 0.2) is 0 Å². The van der Waals surface area contributed by atoms with Gasteiger partial charge in [0.05, 0.1) is 19.3 Å². The van der Waals surface area contributed by atoms with Gasteiger partial charge in [0, 0.05) is 24.8 Å². The smallest absolute Gasteiger partial charge is 0.299 e. The molecule has 1 aliphatic carbocycles. The Morgan fingerprint density at radius 1 is 1.10 bits per heavy atom. The van der Waals surface area contributed by atoms with Crippen LogP contribution in [0.2, 0.25) is 0 Å². The van der Waals surface area contributed by atoms with Crippen molar-refractivity contribution in [3.63, 3.8) is 0 Å². The van der Waals surface area contributed by atoms with Crippen LogP contribution >= 0.6 is 0 Å². The monoisotopic (exact) mass is 398 g/mol. The van der Waals surface area contributed by atoms with Crippen LogP contribution in [-0.4, -0.2) is 43.2 Å². The molecule has 1 saturated heterocycles. The second-order valence-electron chi connectivity index (χ2n) is 8.34. The van der Waals surface area contributed by atoms with E-state index in [-0.39, 0.29) is 18.0 Å². The van der Waals surface area contributed by atoms with Crippen LogP contribution in [0.1, 0.15) is 36.1 Å². The van der Waals surface area contributed by atoms with Gasteiger partial charge in [-0.25, -0.2) is 0 Å². The molecule has 2 aliphatic heterocycles. The number of ether oxygens (including phenoxy) is 1. The van der Waals surface area contributed by atoms with Crippen molar-refractivity contribution in [1.82, 2.24) is 4.90 Å². The van der Waals surface area contributed by atoms with E-state index in [1.165, 1.54) is 28.0 Å². The number of morpholine rings is 1. The molecule has 30 heavy (non-hydrogen) atoms. The Balaban J connectivity index is 1.55. The quantitative estimate of drug-likeness (QED) is 0.721. The summed E-state index contributed by atoms with van der Waals surface area (Å²) >= 11 is 0. The molecule has 2 aromatic rings. The Hall–Kier alpha value is -3.03. The molecule has 3 aliphatic rings. The molecule has 0 aromatic heterocycles. The van der Waals surface area contributed by atoms with Crippen molar-refractivity contribution in [2.75, 3.05) is 31.2 Å². The highest BCUT2D eigenvalue weighted by Gasteiger charge is 2.40. The lowest BCUT2D eigenvalue weighted by molar-refractivity contribution is -0.129. The summed E-state index contributed by atoms with van der Waals surface area (Å²) in [5.74, 6) is 2.14. The van der Waals surface area contributed by atoms with Crippen molar-refractivity contribution in [3.05, 3.63) is 70.8 Å². The molecule has 5 rings (SSSR count). The summed E-state index contributed by atoms with van der Waals surface area (Å²) in [6.07, 6.45) is 7.30. The van der Waals surface area contributed by atoms with Gasteiger partial charge in [-0.05, 0) is 65.7 Å². The Labute approximate surface area is 178 Å². The van der Waals surface area contributed by atoms with Crippen molar-refractivity contribution in [2.24, 2.45) is 0 Å². The number of amides is 1. The predicted molar refractivity (Wildman–Crippen MR) is 119 cm³/mol. The fourth-order valence-corrected chi connectivity index (χ4v) is 5.22. The molecule has 0 unspecified atom stereocenters. The first-order chi connectivity index (χ1) is 14.7. The molecule has 0 bridgehead atoms. The van der Waals surface area contributed by atoms with Crippen LogP contribution in [0.5, 0.6) is 0 Å². The molecule has 0 saturated carbocycles. The lowest BCUT2D eigenvalue weighted by atomic mass is 9.85. The summed E-state index contributed by atoms with van der Waals surface area (Å²) in [6.45, 7) is 5.45. The lowest BCUT2D eigenvalue weighted by Crippen LogP contribution is -2.44. The average Bonchev–Trinajstić information content (AvgIpc) is 3.16. The Morgan fingerprint density at radius 3 is 2.57 bits per heavy atom. The Kier molecular flexibility index (Phi) is 4.84. The Morgan fingerprint density at radius 2 is 1.83 bits per heavy atom. The van der Waals surface area contributed by atoms with Gasteiger partial charge in [-0.2, -0.15) is 0 Å². The van der Waals surface area contributed by atoms with E-state index in [1.54, 1.807) is 0 Å². The van der Waals surface area contributed by atoms with Crippen LogP contribution in [0.3, 0.4) is 0 Å². The standard InChI is InChI=1S/C26H26N2O2/c1-3-25(29)28-18(2)16-23-22-7-5-4-6-20(22)17-24(23)26(28)19-8-10-21(11-9-19)27-12-14-30-15-13-27/h1,4-11,18,26H,12-17H2,2H3/t18-,26-/m0/s1. The number of rotatable bonds is 2. The normalized spacial score (nSPS) is 23.1. The predicted octanol–water partition coefficient (Wildman–Crippen LogP) is 3.83. The van der Waals surface area contributed by atoms with Gasteiger partial charge in [0.25, 0.3) is 5.91 Å². The summed E-state index contributed by atoms with van der Waals surface area (Å²) in [4.78, 5) is 17.0. The zero-order chi connectivity index (χ0) is 20.7. The molecular formula is C26H26N2O2. The minimum atomic E-state index is -0.229. The third kappa shape index (κ3) is 3.11. The van der Waals surface area contributed by atoms with Crippen molar-refractivity contribution < 1.29 is 9.53 Å². The fraction of sp³-hybridized carbons (Fsp3) is 0.346. The van der Waals surface area contributed by atoms with Gasteiger partial charge in [0.1, 0.15) is 0 Å². The minimum absolute atomic E-state index is 0.0578. The van der Waals surface area contributed by atoms with Crippen LogP contribution < -0.4 is 4.90 Å². The summed E-state index contributed by atoms with van der Waals surface area (Å²) in [5, 5.41) is 0. The van der Waals surface area contributed by atoms with Crippen LogP contribution in [0, 0.1) is 12.3 Å². The van der Waals surface area contributed by atoms with Gasteiger partial charge >= 0.3 is 0 Å². The van der Waals surface area contributed by atoms with E-state index in [2.05, 4.69) is 66.3 Å². The molecule has 2 heterocycles. The highest BCUT2D eigenvalue weighted by molar-refractivity contribution is 5.95.